The molecule has 1 amide bonds. The minimum atomic E-state index is -0.390. The third-order valence-electron chi connectivity index (χ3n) is 4.39. The Labute approximate surface area is 145 Å². The number of carbonyl (C=O) groups is 2. The molecule has 0 aromatic heterocycles. The van der Waals surface area contributed by atoms with Crippen molar-refractivity contribution in [2.45, 2.75) is 25.3 Å². The van der Waals surface area contributed by atoms with Crippen LogP contribution in [0, 0.1) is 5.82 Å². The van der Waals surface area contributed by atoms with Gasteiger partial charge in [0.25, 0.3) is 0 Å². The van der Waals surface area contributed by atoms with E-state index in [2.05, 4.69) is 0 Å². The summed E-state index contributed by atoms with van der Waals surface area (Å²) >= 11 is 5.90. The summed E-state index contributed by atoms with van der Waals surface area (Å²) in [7, 11) is 1.64. The van der Waals surface area contributed by atoms with Gasteiger partial charge >= 0.3 is 0 Å². The van der Waals surface area contributed by atoms with Gasteiger partial charge in [-0.3, -0.25) is 9.59 Å². The van der Waals surface area contributed by atoms with E-state index in [9.17, 15) is 14.0 Å². The second-order valence-corrected chi connectivity index (χ2v) is 6.47. The SMILES string of the molecule is CN(Cc1cc(Cl)ccc1F)C(=O)[C@H]1CCC(=O)c2ccccc21. The molecule has 0 bridgehead atoms. The fourth-order valence-corrected chi connectivity index (χ4v) is 3.34. The topological polar surface area (TPSA) is 37.4 Å². The second-order valence-electron chi connectivity index (χ2n) is 6.03. The molecule has 0 saturated heterocycles. The van der Waals surface area contributed by atoms with Crippen molar-refractivity contribution < 1.29 is 14.0 Å². The molecule has 1 aliphatic rings. The number of hydrogen-bond acceptors (Lipinski definition) is 2. The zero-order chi connectivity index (χ0) is 17.3. The molecule has 2 aromatic rings. The minimum absolute atomic E-state index is 0.0678. The molecule has 0 fully saturated rings. The first-order chi connectivity index (χ1) is 11.5. The van der Waals surface area contributed by atoms with E-state index in [1.807, 2.05) is 12.1 Å². The van der Waals surface area contributed by atoms with Crippen molar-refractivity contribution in [2.75, 3.05) is 7.05 Å². The first-order valence-electron chi connectivity index (χ1n) is 7.78. The Morgan fingerprint density at radius 2 is 2.04 bits per heavy atom. The molecule has 24 heavy (non-hydrogen) atoms. The van der Waals surface area contributed by atoms with Gasteiger partial charge in [0, 0.05) is 36.2 Å². The van der Waals surface area contributed by atoms with Gasteiger partial charge in [-0.05, 0) is 30.2 Å². The number of hydrogen-bond donors (Lipinski definition) is 0. The molecule has 1 aliphatic carbocycles. The smallest absolute Gasteiger partial charge is 0.230 e. The van der Waals surface area contributed by atoms with Crippen LogP contribution in [0.25, 0.3) is 0 Å². The van der Waals surface area contributed by atoms with E-state index in [0.717, 1.165) is 5.56 Å². The number of carbonyl (C=O) groups excluding carboxylic acids is 2. The summed E-state index contributed by atoms with van der Waals surface area (Å²) in [5.74, 6) is -0.808. The van der Waals surface area contributed by atoms with Crippen molar-refractivity contribution in [1.29, 1.82) is 0 Å². The third-order valence-corrected chi connectivity index (χ3v) is 4.62. The van der Waals surface area contributed by atoms with Crippen molar-refractivity contribution in [3.05, 3.63) is 70.0 Å². The van der Waals surface area contributed by atoms with Gasteiger partial charge in [0.1, 0.15) is 5.82 Å². The van der Waals surface area contributed by atoms with Crippen LogP contribution >= 0.6 is 11.6 Å². The lowest BCUT2D eigenvalue weighted by molar-refractivity contribution is -0.132. The highest BCUT2D eigenvalue weighted by atomic mass is 35.5. The van der Waals surface area contributed by atoms with Crippen molar-refractivity contribution in [2.24, 2.45) is 0 Å². The Bertz CT molecular complexity index is 806. The highest BCUT2D eigenvalue weighted by Crippen LogP contribution is 2.33. The molecule has 0 saturated carbocycles. The third kappa shape index (κ3) is 3.20. The van der Waals surface area contributed by atoms with Crippen LogP contribution in [0.3, 0.4) is 0 Å². The highest BCUT2D eigenvalue weighted by Gasteiger charge is 2.32. The van der Waals surface area contributed by atoms with E-state index in [1.165, 1.54) is 23.1 Å². The molecule has 0 unspecified atom stereocenters. The highest BCUT2D eigenvalue weighted by molar-refractivity contribution is 6.30. The van der Waals surface area contributed by atoms with Crippen LogP contribution in [0.5, 0.6) is 0 Å². The first kappa shape index (κ1) is 16.7. The van der Waals surface area contributed by atoms with E-state index in [0.29, 0.717) is 29.0 Å². The van der Waals surface area contributed by atoms with Gasteiger partial charge in [0.15, 0.2) is 5.78 Å². The van der Waals surface area contributed by atoms with Crippen molar-refractivity contribution >= 4 is 23.3 Å². The van der Waals surface area contributed by atoms with Crippen LogP contribution in [0.2, 0.25) is 5.02 Å². The van der Waals surface area contributed by atoms with Crippen LogP contribution in [-0.2, 0) is 11.3 Å². The van der Waals surface area contributed by atoms with E-state index in [1.54, 1.807) is 19.2 Å². The fourth-order valence-electron chi connectivity index (χ4n) is 3.14. The molecular formula is C19H17ClFNO2. The van der Waals surface area contributed by atoms with Gasteiger partial charge in [-0.15, -0.1) is 0 Å². The molecule has 1 atom stereocenters. The summed E-state index contributed by atoms with van der Waals surface area (Å²) in [6.45, 7) is 0.137. The maximum atomic E-state index is 13.9. The van der Waals surface area contributed by atoms with Crippen LogP contribution in [0.1, 0.15) is 40.2 Å². The zero-order valence-electron chi connectivity index (χ0n) is 13.3. The number of nitrogens with zero attached hydrogens (tertiary/aromatic N) is 1. The average molecular weight is 346 g/mol. The summed E-state index contributed by atoms with van der Waals surface area (Å²) in [6.07, 6.45) is 0.837. The zero-order valence-corrected chi connectivity index (χ0v) is 14.0. The van der Waals surface area contributed by atoms with Crippen molar-refractivity contribution in [1.82, 2.24) is 4.90 Å². The van der Waals surface area contributed by atoms with Gasteiger partial charge in [-0.25, -0.2) is 4.39 Å². The molecule has 3 rings (SSSR count). The number of rotatable bonds is 3. The van der Waals surface area contributed by atoms with E-state index < -0.39 is 5.82 Å². The Morgan fingerprint density at radius 1 is 1.29 bits per heavy atom. The van der Waals surface area contributed by atoms with E-state index in [4.69, 9.17) is 11.6 Å². The molecule has 0 radical (unpaired) electrons. The number of amides is 1. The first-order valence-corrected chi connectivity index (χ1v) is 8.16. The van der Waals surface area contributed by atoms with Crippen LogP contribution in [0.15, 0.2) is 42.5 Å². The maximum absolute atomic E-state index is 13.9. The van der Waals surface area contributed by atoms with Crippen molar-refractivity contribution in [3.8, 4) is 0 Å². The molecule has 0 aliphatic heterocycles. The van der Waals surface area contributed by atoms with Gasteiger partial charge in [-0.1, -0.05) is 35.9 Å². The predicted octanol–water partition coefficient (Wildman–Crippen LogP) is 4.20. The molecule has 3 nitrogen and oxygen atoms in total. The number of ketones is 1. The predicted molar refractivity (Wildman–Crippen MR) is 90.6 cm³/mol. The van der Waals surface area contributed by atoms with E-state index in [-0.39, 0.29) is 24.2 Å². The Hall–Kier alpha value is -2.20. The normalized spacial score (nSPS) is 16.6. The van der Waals surface area contributed by atoms with E-state index >= 15 is 0 Å². The molecule has 5 heteroatoms. The molecule has 0 spiro atoms. The number of benzene rings is 2. The van der Waals surface area contributed by atoms with Gasteiger partial charge in [-0.2, -0.15) is 0 Å². The Morgan fingerprint density at radius 3 is 2.83 bits per heavy atom. The quantitative estimate of drug-likeness (QED) is 0.836. The number of fused-ring (bicyclic) bond motifs is 1. The largest absolute Gasteiger partial charge is 0.341 e. The lowest BCUT2D eigenvalue weighted by Crippen LogP contribution is -2.34. The molecule has 124 valence electrons. The van der Waals surface area contributed by atoms with Gasteiger partial charge < -0.3 is 4.90 Å². The number of halogens is 2. The Balaban J connectivity index is 1.83. The van der Waals surface area contributed by atoms with Crippen LogP contribution in [0.4, 0.5) is 4.39 Å². The van der Waals surface area contributed by atoms with Gasteiger partial charge in [0.2, 0.25) is 5.91 Å². The lowest BCUT2D eigenvalue weighted by Gasteiger charge is -2.28. The van der Waals surface area contributed by atoms with Crippen molar-refractivity contribution in [3.63, 3.8) is 0 Å². The van der Waals surface area contributed by atoms with Crippen LogP contribution < -0.4 is 0 Å². The lowest BCUT2D eigenvalue weighted by atomic mass is 9.81. The fraction of sp³-hybridized carbons (Fsp3) is 0.263. The number of likely N-dealkylation sites (N-methyl/N-ethyl adjacent to an activating group) is 1. The van der Waals surface area contributed by atoms with Gasteiger partial charge in [0.05, 0.1) is 5.92 Å². The maximum Gasteiger partial charge on any atom is 0.230 e. The summed E-state index contributed by atoms with van der Waals surface area (Å²) in [6, 6.07) is 11.5. The summed E-state index contributed by atoms with van der Waals surface area (Å²) in [5.41, 5.74) is 1.75. The summed E-state index contributed by atoms with van der Waals surface area (Å²) < 4.78 is 13.9. The second kappa shape index (κ2) is 6.73. The minimum Gasteiger partial charge on any atom is -0.341 e. The molecule has 2 aromatic carbocycles. The summed E-state index contributed by atoms with van der Waals surface area (Å²) in [4.78, 5) is 26.3. The average Bonchev–Trinajstić information content (AvgIpc) is 2.58. The molecule has 0 heterocycles. The van der Waals surface area contributed by atoms with Crippen LogP contribution in [-0.4, -0.2) is 23.6 Å². The molecular weight excluding hydrogens is 329 g/mol. The molecule has 0 N–H and O–H groups in total. The number of Topliss-reactive ketones (excluding diaryl/α,β-unsaturated/α-hetero) is 1. The standard InChI is InChI=1S/C19H17ClFNO2/c1-22(11-12-10-13(20)6-8-17(12)21)19(24)16-7-9-18(23)15-5-3-2-4-14(15)16/h2-6,8,10,16H,7,9,11H2,1H3/t16-/m0/s1. The Kier molecular flexibility index (Phi) is 4.67. The summed E-state index contributed by atoms with van der Waals surface area (Å²) in [5, 5.41) is 0.431. The monoisotopic (exact) mass is 345 g/mol.